The summed E-state index contributed by atoms with van der Waals surface area (Å²) in [6.07, 6.45) is 0.553. The lowest BCUT2D eigenvalue weighted by Crippen LogP contribution is -1.82. The third-order valence-electron chi connectivity index (χ3n) is 0.515. The zero-order valence-corrected chi connectivity index (χ0v) is 7.70. The van der Waals surface area contributed by atoms with E-state index in [4.69, 9.17) is 24.1 Å². The molecule has 0 heterocycles. The van der Waals surface area contributed by atoms with E-state index in [-0.39, 0.29) is 6.16 Å². The Morgan fingerprint density at radius 3 is 1.64 bits per heavy atom. The van der Waals surface area contributed by atoms with Crippen molar-refractivity contribution in [1.82, 2.24) is 0 Å². The molecule has 11 heavy (non-hydrogen) atoms. The van der Waals surface area contributed by atoms with Crippen molar-refractivity contribution in [3.8, 4) is 0 Å². The van der Waals surface area contributed by atoms with Gasteiger partial charge in [0.15, 0.2) is 0 Å². The Morgan fingerprint density at radius 1 is 1.36 bits per heavy atom. The molecule has 0 spiro atoms. The molecule has 0 aliphatic heterocycles. The van der Waals surface area contributed by atoms with Crippen molar-refractivity contribution in [2.24, 2.45) is 0 Å². The van der Waals surface area contributed by atoms with Crippen LogP contribution in [0, 0.1) is 0 Å². The van der Waals surface area contributed by atoms with Crippen molar-refractivity contribution in [1.29, 1.82) is 0 Å². The van der Waals surface area contributed by atoms with Crippen LogP contribution in [-0.4, -0.2) is 25.7 Å². The minimum atomic E-state index is -3.67. The SMILES string of the molecule is CCCP(=O)(O)O.O=[P+](O)O. The molecular formula is C3H11O6P2+. The molecule has 0 saturated heterocycles. The largest absolute Gasteiger partial charge is 0.692 e. The van der Waals surface area contributed by atoms with Crippen LogP contribution in [0.5, 0.6) is 0 Å². The molecule has 0 bridgehead atoms. The van der Waals surface area contributed by atoms with Crippen molar-refractivity contribution >= 4 is 15.9 Å². The van der Waals surface area contributed by atoms with Crippen molar-refractivity contribution in [3.05, 3.63) is 0 Å². The van der Waals surface area contributed by atoms with Crippen LogP contribution in [0.1, 0.15) is 13.3 Å². The first-order valence-corrected chi connectivity index (χ1v) is 5.65. The van der Waals surface area contributed by atoms with Gasteiger partial charge in [-0.25, -0.2) is 0 Å². The van der Waals surface area contributed by atoms with E-state index in [1.807, 2.05) is 0 Å². The van der Waals surface area contributed by atoms with Gasteiger partial charge in [-0.1, -0.05) is 6.92 Å². The average Bonchev–Trinajstić information content (AvgIpc) is 1.58. The Morgan fingerprint density at radius 2 is 1.64 bits per heavy atom. The summed E-state index contributed by atoms with van der Waals surface area (Å²) in [7, 11) is -6.54. The van der Waals surface area contributed by atoms with E-state index in [0.29, 0.717) is 6.42 Å². The van der Waals surface area contributed by atoms with Crippen LogP contribution in [-0.2, 0) is 9.13 Å². The second kappa shape index (κ2) is 6.85. The van der Waals surface area contributed by atoms with Crippen LogP contribution in [0.4, 0.5) is 0 Å². The molecule has 0 saturated carbocycles. The standard InChI is InChI=1S/C3H9O3P.HO3P/c1-2-3-7(4,5)6;1-4(2)3/h2-3H2,1H3,(H2,4,5,6);(H-,1,2,3)/p+1. The maximum atomic E-state index is 9.93. The van der Waals surface area contributed by atoms with E-state index in [0.717, 1.165) is 0 Å². The zero-order chi connectivity index (χ0) is 9.49. The Labute approximate surface area is 65.0 Å². The molecule has 0 aromatic carbocycles. The maximum absolute atomic E-state index is 9.93. The first kappa shape index (κ1) is 13.7. The zero-order valence-electron chi connectivity index (χ0n) is 5.91. The molecular weight excluding hydrogens is 194 g/mol. The highest BCUT2D eigenvalue weighted by molar-refractivity contribution is 7.51. The Bertz CT molecular complexity index is 146. The minimum absolute atomic E-state index is 0.00694. The molecule has 0 aliphatic carbocycles. The summed E-state index contributed by atoms with van der Waals surface area (Å²) in [6, 6.07) is 0. The van der Waals surface area contributed by atoms with Crippen LogP contribution in [0.2, 0.25) is 0 Å². The third kappa shape index (κ3) is 39.0. The monoisotopic (exact) mass is 205 g/mol. The van der Waals surface area contributed by atoms with Gasteiger partial charge in [0.05, 0.1) is 0 Å². The Hall–Kier alpha value is 0.170. The van der Waals surface area contributed by atoms with Gasteiger partial charge in [0.25, 0.3) is 0 Å². The number of hydrogen-bond donors (Lipinski definition) is 4. The van der Waals surface area contributed by atoms with Crippen molar-refractivity contribution < 1.29 is 28.7 Å². The normalized spacial score (nSPS) is 9.91. The summed E-state index contributed by atoms with van der Waals surface area (Å²) in [6.45, 7) is 1.74. The lowest BCUT2D eigenvalue weighted by molar-refractivity contribution is 0.372. The van der Waals surface area contributed by atoms with E-state index in [1.165, 1.54) is 0 Å². The van der Waals surface area contributed by atoms with E-state index in [9.17, 15) is 4.57 Å². The third-order valence-corrected chi connectivity index (χ3v) is 1.54. The highest BCUT2D eigenvalue weighted by atomic mass is 31.2. The second-order valence-corrected chi connectivity index (χ2v) is 3.92. The van der Waals surface area contributed by atoms with Crippen molar-refractivity contribution in [2.45, 2.75) is 13.3 Å². The summed E-state index contributed by atoms with van der Waals surface area (Å²) >= 11 is 0. The van der Waals surface area contributed by atoms with Gasteiger partial charge in [0.2, 0.25) is 0 Å². The quantitative estimate of drug-likeness (QED) is 0.478. The molecule has 0 fully saturated rings. The topological polar surface area (TPSA) is 115 Å². The predicted molar refractivity (Wildman–Crippen MR) is 39.2 cm³/mol. The predicted octanol–water partition coefficient (Wildman–Crippen LogP) is 0.202. The van der Waals surface area contributed by atoms with Crippen LogP contribution >= 0.6 is 15.9 Å². The summed E-state index contributed by atoms with van der Waals surface area (Å²) in [5.41, 5.74) is 0. The van der Waals surface area contributed by atoms with E-state index in [2.05, 4.69) is 0 Å². The Kier molecular flexibility index (Phi) is 8.56. The molecule has 0 rings (SSSR count). The van der Waals surface area contributed by atoms with E-state index in [1.54, 1.807) is 6.92 Å². The summed E-state index contributed by atoms with van der Waals surface area (Å²) in [4.78, 5) is 30.5. The van der Waals surface area contributed by atoms with Gasteiger partial charge in [0, 0.05) is 10.7 Å². The fourth-order valence-corrected chi connectivity index (χ4v) is 0.874. The number of rotatable bonds is 2. The smallest absolute Gasteiger partial charge is 0.324 e. The lowest BCUT2D eigenvalue weighted by Gasteiger charge is -1.96. The van der Waals surface area contributed by atoms with Gasteiger partial charge in [-0.3, -0.25) is 4.57 Å². The van der Waals surface area contributed by atoms with Gasteiger partial charge >= 0.3 is 15.9 Å². The van der Waals surface area contributed by atoms with Crippen LogP contribution in [0.25, 0.3) is 0 Å². The van der Waals surface area contributed by atoms with Gasteiger partial charge in [-0.15, -0.1) is 9.79 Å². The molecule has 0 unspecified atom stereocenters. The molecule has 68 valence electrons. The fraction of sp³-hybridized carbons (Fsp3) is 1.00. The molecule has 0 aliphatic rings. The average molecular weight is 205 g/mol. The summed E-state index contributed by atoms with van der Waals surface area (Å²) < 4.78 is 18.6. The highest BCUT2D eigenvalue weighted by Crippen LogP contribution is 2.34. The molecule has 0 amide bonds. The van der Waals surface area contributed by atoms with Crippen LogP contribution in [0.15, 0.2) is 0 Å². The molecule has 0 radical (unpaired) electrons. The van der Waals surface area contributed by atoms with Crippen molar-refractivity contribution in [3.63, 3.8) is 0 Å². The first-order valence-electron chi connectivity index (χ1n) is 2.69. The van der Waals surface area contributed by atoms with Crippen molar-refractivity contribution in [2.75, 3.05) is 6.16 Å². The number of hydrogen-bond acceptors (Lipinski definition) is 2. The fourth-order valence-electron chi connectivity index (χ4n) is 0.291. The van der Waals surface area contributed by atoms with Gasteiger partial charge in [-0.05, 0) is 6.42 Å². The van der Waals surface area contributed by atoms with Gasteiger partial charge in [-0.2, -0.15) is 0 Å². The van der Waals surface area contributed by atoms with Crippen LogP contribution < -0.4 is 0 Å². The minimum Gasteiger partial charge on any atom is -0.324 e. The van der Waals surface area contributed by atoms with Crippen LogP contribution in [0.3, 0.4) is 0 Å². The highest BCUT2D eigenvalue weighted by Gasteiger charge is 2.08. The molecule has 0 atom stereocenters. The summed E-state index contributed by atoms with van der Waals surface area (Å²) in [5.74, 6) is 0. The van der Waals surface area contributed by atoms with E-state index >= 15 is 0 Å². The molecule has 0 aromatic heterocycles. The molecule has 6 nitrogen and oxygen atoms in total. The lowest BCUT2D eigenvalue weighted by atomic mass is 10.6. The van der Waals surface area contributed by atoms with Gasteiger partial charge in [0.1, 0.15) is 0 Å². The Balaban J connectivity index is 0. The molecule has 0 aromatic rings. The summed E-state index contributed by atoms with van der Waals surface area (Å²) in [5, 5.41) is 0. The first-order chi connectivity index (χ1) is 4.79. The maximum Gasteiger partial charge on any atom is 0.692 e. The molecule has 8 heteroatoms. The second-order valence-electron chi connectivity index (χ2n) is 1.64. The van der Waals surface area contributed by atoms with Gasteiger partial charge < -0.3 is 9.79 Å². The molecule has 4 N–H and O–H groups in total. The van der Waals surface area contributed by atoms with E-state index < -0.39 is 15.9 Å².